The Kier molecular flexibility index (Phi) is 2.23. The summed E-state index contributed by atoms with van der Waals surface area (Å²) in [4.78, 5) is 0. The van der Waals surface area contributed by atoms with Crippen molar-refractivity contribution < 1.29 is 4.74 Å². The molecule has 76 valence electrons. The van der Waals surface area contributed by atoms with E-state index in [0.717, 1.165) is 18.6 Å². The molecule has 0 saturated heterocycles. The number of ether oxygens (including phenoxy) is 1. The quantitative estimate of drug-likeness (QED) is 0.795. The molecule has 1 aliphatic carbocycles. The van der Waals surface area contributed by atoms with Crippen LogP contribution in [0.15, 0.2) is 24.3 Å². The summed E-state index contributed by atoms with van der Waals surface area (Å²) < 4.78 is 5.19. The maximum Gasteiger partial charge on any atom is 0.119 e. The van der Waals surface area contributed by atoms with Crippen molar-refractivity contribution in [2.75, 3.05) is 7.11 Å². The van der Waals surface area contributed by atoms with Crippen molar-refractivity contribution in [2.45, 2.75) is 25.3 Å². The first-order chi connectivity index (χ1) is 6.70. The summed E-state index contributed by atoms with van der Waals surface area (Å²) in [6, 6.07) is 8.11. The lowest BCUT2D eigenvalue weighted by Gasteiger charge is -2.12. The Labute approximate surface area is 85.1 Å². The molecule has 0 radical (unpaired) electrons. The Balaban J connectivity index is 2.25. The van der Waals surface area contributed by atoms with Crippen LogP contribution in [0.3, 0.4) is 0 Å². The molecular formula is C12H17NO. The molecule has 2 nitrogen and oxygen atoms in total. The van der Waals surface area contributed by atoms with Gasteiger partial charge in [0.05, 0.1) is 7.11 Å². The third-order valence-electron chi connectivity index (χ3n) is 3.25. The van der Waals surface area contributed by atoms with Gasteiger partial charge in [-0.3, -0.25) is 0 Å². The molecule has 0 bridgehead atoms. The second kappa shape index (κ2) is 3.28. The molecule has 0 amide bonds. The van der Waals surface area contributed by atoms with Crippen LogP contribution < -0.4 is 10.5 Å². The van der Waals surface area contributed by atoms with Gasteiger partial charge in [0.15, 0.2) is 0 Å². The average molecular weight is 191 g/mol. The zero-order valence-corrected chi connectivity index (χ0v) is 8.79. The minimum Gasteiger partial charge on any atom is -0.497 e. The lowest BCUT2D eigenvalue weighted by Crippen LogP contribution is -2.21. The standard InChI is InChI=1S/C12H17NO/c1-3-9-8-12(9,13)10-5-4-6-11(7-10)14-2/h4-7,9H,3,8,13H2,1-2H3. The summed E-state index contributed by atoms with van der Waals surface area (Å²) in [6.45, 7) is 2.19. The summed E-state index contributed by atoms with van der Waals surface area (Å²) in [5, 5.41) is 0. The minimum absolute atomic E-state index is 0.0801. The van der Waals surface area contributed by atoms with Gasteiger partial charge in [0.25, 0.3) is 0 Å². The number of nitrogens with two attached hydrogens (primary N) is 1. The van der Waals surface area contributed by atoms with Gasteiger partial charge in [-0.25, -0.2) is 0 Å². The smallest absolute Gasteiger partial charge is 0.119 e. The van der Waals surface area contributed by atoms with Crippen molar-refractivity contribution in [1.29, 1.82) is 0 Å². The van der Waals surface area contributed by atoms with Gasteiger partial charge in [-0.1, -0.05) is 25.5 Å². The molecule has 1 aromatic rings. The van der Waals surface area contributed by atoms with Crippen LogP contribution in [-0.2, 0) is 5.54 Å². The Morgan fingerprint density at radius 3 is 2.93 bits per heavy atom. The number of methoxy groups -OCH3 is 1. The maximum absolute atomic E-state index is 6.29. The molecule has 0 spiro atoms. The molecule has 0 heterocycles. The van der Waals surface area contributed by atoms with Crippen molar-refractivity contribution in [1.82, 2.24) is 0 Å². The molecule has 0 aromatic heterocycles. The Morgan fingerprint density at radius 1 is 1.57 bits per heavy atom. The summed E-state index contributed by atoms with van der Waals surface area (Å²) in [5.41, 5.74) is 7.42. The first kappa shape index (κ1) is 9.53. The molecule has 14 heavy (non-hydrogen) atoms. The van der Waals surface area contributed by atoms with E-state index in [4.69, 9.17) is 10.5 Å². The largest absolute Gasteiger partial charge is 0.497 e. The SMILES string of the molecule is CCC1CC1(N)c1cccc(OC)c1. The monoisotopic (exact) mass is 191 g/mol. The van der Waals surface area contributed by atoms with Gasteiger partial charge in [-0.05, 0) is 30.0 Å². The van der Waals surface area contributed by atoms with Crippen LogP contribution in [0.1, 0.15) is 25.3 Å². The van der Waals surface area contributed by atoms with Crippen LogP contribution in [-0.4, -0.2) is 7.11 Å². The van der Waals surface area contributed by atoms with E-state index in [9.17, 15) is 0 Å². The zero-order valence-electron chi connectivity index (χ0n) is 8.79. The normalized spacial score (nSPS) is 30.1. The molecule has 1 saturated carbocycles. The first-order valence-corrected chi connectivity index (χ1v) is 5.14. The van der Waals surface area contributed by atoms with Gasteiger partial charge >= 0.3 is 0 Å². The summed E-state index contributed by atoms with van der Waals surface area (Å²) >= 11 is 0. The lowest BCUT2D eigenvalue weighted by atomic mass is 10.0. The highest BCUT2D eigenvalue weighted by Gasteiger charge is 2.50. The van der Waals surface area contributed by atoms with Crippen molar-refractivity contribution in [3.05, 3.63) is 29.8 Å². The zero-order chi connectivity index (χ0) is 10.2. The van der Waals surface area contributed by atoms with E-state index >= 15 is 0 Å². The van der Waals surface area contributed by atoms with Crippen LogP contribution in [0.5, 0.6) is 5.75 Å². The van der Waals surface area contributed by atoms with Gasteiger partial charge in [0.1, 0.15) is 5.75 Å². The number of benzene rings is 1. The maximum atomic E-state index is 6.29. The molecule has 1 fully saturated rings. The molecule has 2 heteroatoms. The van der Waals surface area contributed by atoms with E-state index in [2.05, 4.69) is 19.1 Å². The lowest BCUT2D eigenvalue weighted by molar-refractivity contribution is 0.413. The highest BCUT2D eigenvalue weighted by Crippen LogP contribution is 2.51. The van der Waals surface area contributed by atoms with Crippen LogP contribution >= 0.6 is 0 Å². The van der Waals surface area contributed by atoms with Crippen LogP contribution in [0.25, 0.3) is 0 Å². The predicted molar refractivity (Wildman–Crippen MR) is 57.3 cm³/mol. The predicted octanol–water partition coefficient (Wildman–Crippen LogP) is 2.28. The molecule has 2 rings (SSSR count). The van der Waals surface area contributed by atoms with Gasteiger partial charge in [0, 0.05) is 5.54 Å². The fraction of sp³-hybridized carbons (Fsp3) is 0.500. The first-order valence-electron chi connectivity index (χ1n) is 5.14. The molecule has 1 aliphatic rings. The average Bonchev–Trinajstić information content (AvgIpc) is 2.92. The summed E-state index contributed by atoms with van der Waals surface area (Å²) in [5.74, 6) is 1.55. The van der Waals surface area contributed by atoms with Gasteiger partial charge in [0.2, 0.25) is 0 Å². The van der Waals surface area contributed by atoms with Gasteiger partial charge in [-0.15, -0.1) is 0 Å². The van der Waals surface area contributed by atoms with E-state index in [1.165, 1.54) is 5.56 Å². The highest BCUT2D eigenvalue weighted by molar-refractivity contribution is 5.37. The number of hydrogen-bond donors (Lipinski definition) is 1. The van der Waals surface area contributed by atoms with Crippen molar-refractivity contribution in [3.63, 3.8) is 0 Å². The fourth-order valence-corrected chi connectivity index (χ4v) is 2.12. The van der Waals surface area contributed by atoms with Crippen LogP contribution in [0, 0.1) is 5.92 Å². The Bertz CT molecular complexity index is 337. The van der Waals surface area contributed by atoms with E-state index in [-0.39, 0.29) is 5.54 Å². The molecular weight excluding hydrogens is 174 g/mol. The Morgan fingerprint density at radius 2 is 2.36 bits per heavy atom. The topological polar surface area (TPSA) is 35.2 Å². The van der Waals surface area contributed by atoms with E-state index in [1.807, 2.05) is 12.1 Å². The van der Waals surface area contributed by atoms with Crippen molar-refractivity contribution in [2.24, 2.45) is 11.7 Å². The number of hydrogen-bond acceptors (Lipinski definition) is 2. The van der Waals surface area contributed by atoms with E-state index < -0.39 is 0 Å². The van der Waals surface area contributed by atoms with Crippen molar-refractivity contribution in [3.8, 4) is 5.75 Å². The fourth-order valence-electron chi connectivity index (χ4n) is 2.12. The molecule has 2 N–H and O–H groups in total. The minimum atomic E-state index is -0.0801. The van der Waals surface area contributed by atoms with E-state index in [0.29, 0.717) is 5.92 Å². The molecule has 2 atom stereocenters. The van der Waals surface area contributed by atoms with Crippen molar-refractivity contribution >= 4 is 0 Å². The van der Waals surface area contributed by atoms with E-state index in [1.54, 1.807) is 7.11 Å². The third kappa shape index (κ3) is 1.40. The second-order valence-corrected chi connectivity index (χ2v) is 4.08. The third-order valence-corrected chi connectivity index (χ3v) is 3.25. The van der Waals surface area contributed by atoms with Crippen LogP contribution in [0.2, 0.25) is 0 Å². The number of rotatable bonds is 3. The summed E-state index contributed by atoms with van der Waals surface area (Å²) in [6.07, 6.45) is 2.27. The molecule has 2 unspecified atom stereocenters. The highest BCUT2D eigenvalue weighted by atomic mass is 16.5. The van der Waals surface area contributed by atoms with Crippen LogP contribution in [0.4, 0.5) is 0 Å². The second-order valence-electron chi connectivity index (χ2n) is 4.08. The molecule has 0 aliphatic heterocycles. The molecule has 1 aromatic carbocycles. The Hall–Kier alpha value is -1.02. The van der Waals surface area contributed by atoms with Gasteiger partial charge < -0.3 is 10.5 Å². The summed E-state index contributed by atoms with van der Waals surface area (Å²) in [7, 11) is 1.69. The van der Waals surface area contributed by atoms with Gasteiger partial charge in [-0.2, -0.15) is 0 Å².